The second-order valence-corrected chi connectivity index (χ2v) is 6.36. The number of carboxylic acids is 1. The molecule has 6 nitrogen and oxygen atoms in total. The summed E-state index contributed by atoms with van der Waals surface area (Å²) in [5.41, 5.74) is 0.366. The van der Waals surface area contributed by atoms with Gasteiger partial charge in [0.15, 0.2) is 0 Å². The third-order valence-corrected chi connectivity index (χ3v) is 4.67. The van der Waals surface area contributed by atoms with Gasteiger partial charge in [-0.1, -0.05) is 43.1 Å². The van der Waals surface area contributed by atoms with Gasteiger partial charge in [0.1, 0.15) is 6.04 Å². The molecular formula is C17H25Cl2N3O3. The summed E-state index contributed by atoms with van der Waals surface area (Å²) in [5, 5.41) is 15.4. The quantitative estimate of drug-likeness (QED) is 0.506. The number of rotatable bonds is 11. The summed E-state index contributed by atoms with van der Waals surface area (Å²) in [7, 11) is 0. The fourth-order valence-corrected chi connectivity index (χ4v) is 2.70. The maximum atomic E-state index is 12.1. The molecule has 0 aliphatic rings. The molecule has 8 heteroatoms. The van der Waals surface area contributed by atoms with Crippen molar-refractivity contribution in [3.8, 4) is 0 Å². The molecule has 25 heavy (non-hydrogen) atoms. The van der Waals surface area contributed by atoms with Crippen molar-refractivity contribution in [2.24, 2.45) is 0 Å². The zero-order chi connectivity index (χ0) is 18.8. The van der Waals surface area contributed by atoms with Crippen LogP contribution in [-0.4, -0.2) is 54.1 Å². The largest absolute Gasteiger partial charge is 0.480 e. The minimum Gasteiger partial charge on any atom is -0.480 e. The molecule has 1 rings (SSSR count). The molecule has 1 unspecified atom stereocenters. The Bertz CT molecular complexity index is 580. The summed E-state index contributed by atoms with van der Waals surface area (Å²) in [6, 6.07) is 3.93. The molecular weight excluding hydrogens is 365 g/mol. The Kier molecular flexibility index (Phi) is 9.82. The summed E-state index contributed by atoms with van der Waals surface area (Å²) < 4.78 is 0. The Labute approximate surface area is 158 Å². The van der Waals surface area contributed by atoms with Crippen molar-refractivity contribution in [3.63, 3.8) is 0 Å². The molecule has 1 aromatic carbocycles. The Hall–Kier alpha value is -1.34. The van der Waals surface area contributed by atoms with Crippen LogP contribution in [0.5, 0.6) is 0 Å². The number of carbonyl (C=O) groups is 2. The van der Waals surface area contributed by atoms with E-state index in [1.165, 1.54) is 0 Å². The van der Waals surface area contributed by atoms with Crippen LogP contribution in [0, 0.1) is 0 Å². The molecule has 3 N–H and O–H groups in total. The lowest BCUT2D eigenvalue weighted by molar-refractivity contribution is -0.141. The fourth-order valence-electron chi connectivity index (χ4n) is 2.35. The van der Waals surface area contributed by atoms with Gasteiger partial charge in [-0.15, -0.1) is 0 Å². The molecule has 0 heterocycles. The monoisotopic (exact) mass is 389 g/mol. The van der Waals surface area contributed by atoms with Crippen LogP contribution in [-0.2, 0) is 9.59 Å². The minimum absolute atomic E-state index is 0.191. The molecule has 140 valence electrons. The molecule has 0 saturated carbocycles. The van der Waals surface area contributed by atoms with Gasteiger partial charge in [0.05, 0.1) is 22.2 Å². The number of hydrogen-bond donors (Lipinski definition) is 3. The molecule has 1 atom stereocenters. The average molecular weight is 390 g/mol. The number of benzene rings is 1. The van der Waals surface area contributed by atoms with Crippen LogP contribution in [0.25, 0.3) is 0 Å². The molecule has 0 saturated heterocycles. The SMILES string of the molecule is CCN(CC)CCCNC(CC(=O)Nc1cccc(Cl)c1Cl)C(=O)O. The van der Waals surface area contributed by atoms with Crippen molar-refractivity contribution >= 4 is 40.8 Å². The van der Waals surface area contributed by atoms with E-state index in [1.807, 2.05) is 0 Å². The number of hydrogen-bond acceptors (Lipinski definition) is 4. The zero-order valence-electron chi connectivity index (χ0n) is 14.5. The highest BCUT2D eigenvalue weighted by molar-refractivity contribution is 6.43. The molecule has 1 aromatic rings. The summed E-state index contributed by atoms with van der Waals surface area (Å²) in [5.74, 6) is -1.50. The second kappa shape index (κ2) is 11.3. The van der Waals surface area contributed by atoms with Crippen LogP contribution in [0.15, 0.2) is 18.2 Å². The summed E-state index contributed by atoms with van der Waals surface area (Å²) in [6.07, 6.45) is 0.622. The average Bonchev–Trinajstić information content (AvgIpc) is 2.58. The molecule has 0 spiro atoms. The molecule has 0 aliphatic carbocycles. The van der Waals surface area contributed by atoms with E-state index in [2.05, 4.69) is 29.4 Å². The Morgan fingerprint density at radius 3 is 2.52 bits per heavy atom. The fraction of sp³-hybridized carbons (Fsp3) is 0.529. The van der Waals surface area contributed by atoms with Crippen molar-refractivity contribution in [2.75, 3.05) is 31.5 Å². The van der Waals surface area contributed by atoms with E-state index in [9.17, 15) is 14.7 Å². The smallest absolute Gasteiger partial charge is 0.321 e. The number of aliphatic carboxylic acids is 1. The van der Waals surface area contributed by atoms with Crippen molar-refractivity contribution in [1.82, 2.24) is 10.2 Å². The van der Waals surface area contributed by atoms with Gasteiger partial charge in [-0.2, -0.15) is 0 Å². The standard InChI is InChI=1S/C17H25Cl2N3O3/c1-3-22(4-2)10-6-9-20-14(17(24)25)11-15(23)21-13-8-5-7-12(18)16(13)19/h5,7-8,14,20H,3-4,6,9-11H2,1-2H3,(H,21,23)(H,24,25). The Morgan fingerprint density at radius 1 is 1.24 bits per heavy atom. The lowest BCUT2D eigenvalue weighted by atomic mass is 10.2. The highest BCUT2D eigenvalue weighted by Crippen LogP contribution is 2.29. The lowest BCUT2D eigenvalue weighted by Crippen LogP contribution is -2.41. The predicted molar refractivity (Wildman–Crippen MR) is 102 cm³/mol. The van der Waals surface area contributed by atoms with Gasteiger partial charge in [0.25, 0.3) is 0 Å². The number of amides is 1. The summed E-state index contributed by atoms with van der Waals surface area (Å²) >= 11 is 11.9. The van der Waals surface area contributed by atoms with Gasteiger partial charge in [-0.3, -0.25) is 9.59 Å². The maximum absolute atomic E-state index is 12.1. The second-order valence-electron chi connectivity index (χ2n) is 5.58. The number of nitrogens with one attached hydrogen (secondary N) is 2. The van der Waals surface area contributed by atoms with Gasteiger partial charge in [-0.05, 0) is 44.7 Å². The van der Waals surface area contributed by atoms with E-state index in [4.69, 9.17) is 23.2 Å². The molecule has 0 radical (unpaired) electrons. The highest BCUT2D eigenvalue weighted by atomic mass is 35.5. The van der Waals surface area contributed by atoms with Crippen LogP contribution >= 0.6 is 23.2 Å². The molecule has 1 amide bonds. The summed E-state index contributed by atoms with van der Waals surface area (Å²) in [4.78, 5) is 25.7. The third kappa shape index (κ3) is 7.61. The topological polar surface area (TPSA) is 81.7 Å². The van der Waals surface area contributed by atoms with Crippen molar-refractivity contribution in [1.29, 1.82) is 0 Å². The first-order chi connectivity index (χ1) is 11.9. The van der Waals surface area contributed by atoms with Crippen LogP contribution in [0.2, 0.25) is 10.0 Å². The van der Waals surface area contributed by atoms with Crippen molar-refractivity contribution < 1.29 is 14.7 Å². The van der Waals surface area contributed by atoms with Crippen molar-refractivity contribution in [2.45, 2.75) is 32.7 Å². The number of carbonyl (C=O) groups excluding carboxylic acids is 1. The van der Waals surface area contributed by atoms with Gasteiger partial charge >= 0.3 is 5.97 Å². The third-order valence-electron chi connectivity index (χ3n) is 3.85. The van der Waals surface area contributed by atoms with E-state index >= 15 is 0 Å². The highest BCUT2D eigenvalue weighted by Gasteiger charge is 2.21. The number of nitrogens with zero attached hydrogens (tertiary/aromatic N) is 1. The minimum atomic E-state index is -1.06. The van der Waals surface area contributed by atoms with E-state index in [0.717, 1.165) is 26.1 Å². The number of anilines is 1. The van der Waals surface area contributed by atoms with E-state index < -0.39 is 17.9 Å². The Balaban J connectivity index is 2.50. The first kappa shape index (κ1) is 21.7. The van der Waals surface area contributed by atoms with Crippen LogP contribution < -0.4 is 10.6 Å². The van der Waals surface area contributed by atoms with Crippen molar-refractivity contribution in [3.05, 3.63) is 28.2 Å². The number of carboxylic acid groups (broad SMARTS) is 1. The lowest BCUT2D eigenvalue weighted by Gasteiger charge is -2.19. The predicted octanol–water partition coefficient (Wildman–Crippen LogP) is 3.10. The molecule has 0 bridgehead atoms. The number of halogens is 2. The molecule has 0 aliphatic heterocycles. The van der Waals surface area contributed by atoms with E-state index in [1.54, 1.807) is 18.2 Å². The Morgan fingerprint density at radius 2 is 1.92 bits per heavy atom. The normalized spacial score (nSPS) is 12.2. The first-order valence-electron chi connectivity index (χ1n) is 8.31. The van der Waals surface area contributed by atoms with Gasteiger partial charge in [-0.25, -0.2) is 0 Å². The van der Waals surface area contributed by atoms with Crippen LogP contribution in [0.3, 0.4) is 0 Å². The molecule has 0 fully saturated rings. The van der Waals surface area contributed by atoms with Gasteiger partial charge in [0.2, 0.25) is 5.91 Å². The summed E-state index contributed by atoms with van der Waals surface area (Å²) in [6.45, 7) is 7.50. The van der Waals surface area contributed by atoms with Gasteiger partial charge in [0, 0.05) is 0 Å². The first-order valence-corrected chi connectivity index (χ1v) is 9.07. The van der Waals surface area contributed by atoms with Gasteiger partial charge < -0.3 is 20.6 Å². The molecule has 0 aromatic heterocycles. The van der Waals surface area contributed by atoms with Crippen LogP contribution in [0.4, 0.5) is 5.69 Å². The van der Waals surface area contributed by atoms with E-state index in [-0.39, 0.29) is 11.4 Å². The van der Waals surface area contributed by atoms with Crippen LogP contribution in [0.1, 0.15) is 26.7 Å². The maximum Gasteiger partial charge on any atom is 0.321 e. The van der Waals surface area contributed by atoms with E-state index in [0.29, 0.717) is 17.3 Å². The zero-order valence-corrected chi connectivity index (χ0v) is 16.0.